The lowest BCUT2D eigenvalue weighted by atomic mass is 9.84. The first-order chi connectivity index (χ1) is 9.56. The summed E-state index contributed by atoms with van der Waals surface area (Å²) >= 11 is 0. The van der Waals surface area contributed by atoms with Crippen LogP contribution in [0.3, 0.4) is 0 Å². The molecule has 2 aliphatic carbocycles. The molecule has 2 atom stereocenters. The highest BCUT2D eigenvalue weighted by atomic mass is 16.2. The van der Waals surface area contributed by atoms with E-state index < -0.39 is 0 Å². The van der Waals surface area contributed by atoms with Crippen molar-refractivity contribution >= 4 is 11.8 Å². The summed E-state index contributed by atoms with van der Waals surface area (Å²) in [4.78, 5) is 25.6. The van der Waals surface area contributed by atoms with Gasteiger partial charge in [-0.2, -0.15) is 0 Å². The number of hydrogen-bond donors (Lipinski definition) is 2. The zero-order chi connectivity index (χ0) is 14.5. The van der Waals surface area contributed by atoms with Crippen molar-refractivity contribution in [2.45, 2.75) is 44.6 Å². The van der Waals surface area contributed by atoms with E-state index in [0.717, 1.165) is 25.8 Å². The summed E-state index contributed by atoms with van der Waals surface area (Å²) in [6, 6.07) is 0.261. The lowest BCUT2D eigenvalue weighted by Gasteiger charge is -2.34. The Morgan fingerprint density at radius 3 is 2.45 bits per heavy atom. The molecule has 0 aliphatic heterocycles. The highest BCUT2D eigenvalue weighted by molar-refractivity contribution is 5.86. The number of hydrogen-bond acceptors (Lipinski definition) is 3. The van der Waals surface area contributed by atoms with Gasteiger partial charge in [0.15, 0.2) is 0 Å². The largest absolute Gasteiger partial charge is 0.352 e. The molecule has 0 aromatic carbocycles. The number of nitrogens with one attached hydrogen (secondary N) is 2. The molecule has 2 fully saturated rings. The van der Waals surface area contributed by atoms with Crippen molar-refractivity contribution in [3.05, 3.63) is 0 Å². The quantitative estimate of drug-likeness (QED) is 0.755. The van der Waals surface area contributed by atoms with Gasteiger partial charge in [-0.25, -0.2) is 0 Å². The molecule has 2 N–H and O–H groups in total. The number of amides is 2. The number of rotatable bonds is 6. The number of carbonyl (C=O) groups is 2. The van der Waals surface area contributed by atoms with Gasteiger partial charge in [0, 0.05) is 18.5 Å². The predicted molar refractivity (Wildman–Crippen MR) is 78.2 cm³/mol. The highest BCUT2D eigenvalue weighted by Gasteiger charge is 2.30. The maximum absolute atomic E-state index is 12.0. The Bertz CT molecular complexity index is 353. The van der Waals surface area contributed by atoms with Crippen LogP contribution in [0, 0.1) is 11.8 Å². The maximum atomic E-state index is 12.0. The van der Waals surface area contributed by atoms with Gasteiger partial charge < -0.3 is 15.5 Å². The first-order valence-electron chi connectivity index (χ1n) is 7.78. The average Bonchev–Trinajstić information content (AvgIpc) is 3.22. The molecular weight excluding hydrogens is 254 g/mol. The van der Waals surface area contributed by atoms with Crippen LogP contribution in [0.1, 0.15) is 38.5 Å². The summed E-state index contributed by atoms with van der Waals surface area (Å²) < 4.78 is 0. The third-order valence-electron chi connectivity index (χ3n) is 4.23. The molecule has 20 heavy (non-hydrogen) atoms. The fourth-order valence-electron chi connectivity index (χ4n) is 3.00. The average molecular weight is 281 g/mol. The van der Waals surface area contributed by atoms with Gasteiger partial charge in [0.2, 0.25) is 11.8 Å². The molecule has 2 saturated carbocycles. The molecule has 0 radical (unpaired) electrons. The van der Waals surface area contributed by atoms with Gasteiger partial charge in [0.1, 0.15) is 0 Å². The molecule has 0 aromatic heterocycles. The van der Waals surface area contributed by atoms with Crippen LogP contribution in [0.2, 0.25) is 0 Å². The minimum Gasteiger partial charge on any atom is -0.352 e. The molecule has 2 unspecified atom stereocenters. The summed E-state index contributed by atoms with van der Waals surface area (Å²) in [6.45, 7) is 1.14. The normalized spacial score (nSPS) is 26.4. The van der Waals surface area contributed by atoms with Crippen LogP contribution in [-0.4, -0.2) is 49.9 Å². The third-order valence-corrected chi connectivity index (χ3v) is 4.23. The minimum absolute atomic E-state index is 0.0358. The topological polar surface area (TPSA) is 61.4 Å². The van der Waals surface area contributed by atoms with E-state index in [4.69, 9.17) is 0 Å². The molecule has 0 heterocycles. The van der Waals surface area contributed by atoms with E-state index in [1.54, 1.807) is 0 Å². The van der Waals surface area contributed by atoms with Gasteiger partial charge in [-0.1, -0.05) is 12.8 Å². The van der Waals surface area contributed by atoms with E-state index in [0.29, 0.717) is 5.92 Å². The standard InChI is InChI=1S/C15H27N3O2/c1-18(2)10-12-5-3-4-6-13(12)17-14(19)9-16-15(20)11-7-8-11/h11-13H,3-10H2,1-2H3,(H,16,20)(H,17,19). The zero-order valence-corrected chi connectivity index (χ0v) is 12.7. The van der Waals surface area contributed by atoms with Crippen LogP contribution in [0.15, 0.2) is 0 Å². The second-order valence-corrected chi connectivity index (χ2v) is 6.47. The highest BCUT2D eigenvalue weighted by Crippen LogP contribution is 2.28. The van der Waals surface area contributed by atoms with Gasteiger partial charge in [-0.05, 0) is 45.7 Å². The van der Waals surface area contributed by atoms with E-state index in [-0.39, 0.29) is 30.3 Å². The van der Waals surface area contributed by atoms with Crippen LogP contribution in [0.25, 0.3) is 0 Å². The molecule has 0 spiro atoms. The number of nitrogens with zero attached hydrogens (tertiary/aromatic N) is 1. The summed E-state index contributed by atoms with van der Waals surface area (Å²) in [5.41, 5.74) is 0. The van der Waals surface area contributed by atoms with Gasteiger partial charge >= 0.3 is 0 Å². The number of carbonyl (C=O) groups excluding carboxylic acids is 2. The Hall–Kier alpha value is -1.10. The fourth-order valence-corrected chi connectivity index (χ4v) is 3.00. The molecule has 0 saturated heterocycles. The minimum atomic E-state index is -0.0466. The Morgan fingerprint density at radius 2 is 1.80 bits per heavy atom. The summed E-state index contributed by atoms with van der Waals surface area (Å²) in [5, 5.41) is 5.84. The van der Waals surface area contributed by atoms with Gasteiger partial charge in [0.25, 0.3) is 0 Å². The van der Waals surface area contributed by atoms with Crippen LogP contribution in [0.5, 0.6) is 0 Å². The summed E-state index contributed by atoms with van der Waals surface area (Å²) in [7, 11) is 4.15. The van der Waals surface area contributed by atoms with Crippen molar-refractivity contribution in [3.8, 4) is 0 Å². The van der Waals surface area contributed by atoms with Crippen LogP contribution >= 0.6 is 0 Å². The lowest BCUT2D eigenvalue weighted by molar-refractivity contribution is -0.127. The van der Waals surface area contributed by atoms with Gasteiger partial charge in [0.05, 0.1) is 6.54 Å². The lowest BCUT2D eigenvalue weighted by Crippen LogP contribution is -2.48. The predicted octanol–water partition coefficient (Wildman–Crippen LogP) is 0.749. The maximum Gasteiger partial charge on any atom is 0.239 e. The van der Waals surface area contributed by atoms with Gasteiger partial charge in [-0.15, -0.1) is 0 Å². The zero-order valence-electron chi connectivity index (χ0n) is 12.7. The molecule has 2 aliphatic rings. The van der Waals surface area contributed by atoms with E-state index in [1.807, 2.05) is 0 Å². The second kappa shape index (κ2) is 7.07. The molecule has 0 aromatic rings. The van der Waals surface area contributed by atoms with Crippen LogP contribution in [-0.2, 0) is 9.59 Å². The van der Waals surface area contributed by atoms with E-state index in [1.165, 1.54) is 19.3 Å². The van der Waals surface area contributed by atoms with Crippen molar-refractivity contribution in [2.75, 3.05) is 27.2 Å². The van der Waals surface area contributed by atoms with Crippen molar-refractivity contribution in [1.82, 2.24) is 15.5 Å². The van der Waals surface area contributed by atoms with Crippen molar-refractivity contribution in [1.29, 1.82) is 0 Å². The first-order valence-corrected chi connectivity index (χ1v) is 7.78. The molecule has 2 amide bonds. The fraction of sp³-hybridized carbons (Fsp3) is 0.867. The molecule has 0 bridgehead atoms. The van der Waals surface area contributed by atoms with Crippen LogP contribution < -0.4 is 10.6 Å². The Labute approximate surface area is 121 Å². The summed E-state index contributed by atoms with van der Waals surface area (Å²) in [5.74, 6) is 0.684. The summed E-state index contributed by atoms with van der Waals surface area (Å²) in [6.07, 6.45) is 6.62. The van der Waals surface area contributed by atoms with Crippen molar-refractivity contribution in [3.63, 3.8) is 0 Å². The first kappa shape index (κ1) is 15.3. The Balaban J connectivity index is 1.73. The van der Waals surface area contributed by atoms with Crippen molar-refractivity contribution in [2.24, 2.45) is 11.8 Å². The molecule has 2 rings (SSSR count). The molecule has 5 heteroatoms. The smallest absolute Gasteiger partial charge is 0.239 e. The molecule has 114 valence electrons. The monoisotopic (exact) mass is 281 g/mol. The third kappa shape index (κ3) is 4.78. The SMILES string of the molecule is CN(C)CC1CCCCC1NC(=O)CNC(=O)C1CC1. The van der Waals surface area contributed by atoms with Crippen molar-refractivity contribution < 1.29 is 9.59 Å². The Kier molecular flexibility index (Phi) is 5.40. The van der Waals surface area contributed by atoms with E-state index >= 15 is 0 Å². The molecular formula is C15H27N3O2. The Morgan fingerprint density at radius 1 is 1.10 bits per heavy atom. The van der Waals surface area contributed by atoms with Gasteiger partial charge in [-0.3, -0.25) is 9.59 Å². The van der Waals surface area contributed by atoms with E-state index in [2.05, 4.69) is 29.6 Å². The second-order valence-electron chi connectivity index (χ2n) is 6.47. The van der Waals surface area contributed by atoms with E-state index in [9.17, 15) is 9.59 Å². The molecule has 5 nitrogen and oxygen atoms in total. The van der Waals surface area contributed by atoms with Crippen LogP contribution in [0.4, 0.5) is 0 Å².